The Labute approximate surface area is 203 Å². The molecule has 2 heterocycles. The summed E-state index contributed by atoms with van der Waals surface area (Å²) < 4.78 is 10.5. The molecule has 0 saturated carbocycles. The van der Waals surface area contributed by atoms with Gasteiger partial charge in [0.2, 0.25) is 5.91 Å². The van der Waals surface area contributed by atoms with Crippen molar-refractivity contribution in [1.29, 1.82) is 0 Å². The Morgan fingerprint density at radius 2 is 1.23 bits per heavy atom. The Bertz CT molecular complexity index is 821. The number of hydrogen-bond donors (Lipinski definition) is 2. The second-order valence-corrected chi connectivity index (χ2v) is 10.3. The van der Waals surface area contributed by atoms with Crippen molar-refractivity contribution in [3.63, 3.8) is 0 Å². The van der Waals surface area contributed by atoms with E-state index in [-0.39, 0.29) is 38.8 Å². The van der Waals surface area contributed by atoms with Gasteiger partial charge in [-0.25, -0.2) is 14.4 Å². The second kappa shape index (κ2) is 10.9. The van der Waals surface area contributed by atoms with Crippen LogP contribution in [0, 0.1) is 0 Å². The highest BCUT2D eigenvalue weighted by molar-refractivity contribution is 6.01. The monoisotopic (exact) mass is 498 g/mol. The highest BCUT2D eigenvalue weighted by atomic mass is 16.7. The number of imide groups is 1. The van der Waals surface area contributed by atoms with E-state index in [1.54, 1.807) is 41.5 Å². The number of amides is 5. The number of likely N-dealkylation sites (tertiary alicyclic amines) is 1. The molecule has 13 nitrogen and oxygen atoms in total. The SMILES string of the molecule is CC(C)(C)OC(=O)N[C@H]1CN(C(=O)CCC(=O)ON2C(=O)CCC2=O)C[C@@H]1NC(=O)OC(C)(C)C. The molecule has 2 atom stereocenters. The zero-order chi connectivity index (χ0) is 26.6. The van der Waals surface area contributed by atoms with Gasteiger partial charge in [-0.3, -0.25) is 14.4 Å². The van der Waals surface area contributed by atoms with Gasteiger partial charge in [0.1, 0.15) is 11.2 Å². The molecule has 2 N–H and O–H groups in total. The van der Waals surface area contributed by atoms with Crippen LogP contribution in [0.3, 0.4) is 0 Å². The first kappa shape index (κ1) is 27.9. The van der Waals surface area contributed by atoms with E-state index in [9.17, 15) is 28.8 Å². The standard InChI is InChI=1S/C22H34N4O9/c1-21(2,3)33-19(31)23-13-11-25(12-14(13)24-20(32)34-22(4,5)6)15(27)9-10-18(30)35-26-16(28)7-8-17(26)29/h13-14H,7-12H2,1-6H3,(H,23,31)(H,24,32)/t13-,14-/m0/s1. The minimum absolute atomic E-state index is 0.0309. The van der Waals surface area contributed by atoms with Gasteiger partial charge in [-0.1, -0.05) is 0 Å². The summed E-state index contributed by atoms with van der Waals surface area (Å²) in [4.78, 5) is 78.5. The second-order valence-electron chi connectivity index (χ2n) is 10.3. The average Bonchev–Trinajstić information content (AvgIpc) is 3.21. The van der Waals surface area contributed by atoms with E-state index in [1.165, 1.54) is 4.90 Å². The van der Waals surface area contributed by atoms with Crippen LogP contribution in [0.25, 0.3) is 0 Å². The van der Waals surface area contributed by atoms with Crippen LogP contribution in [0.5, 0.6) is 0 Å². The van der Waals surface area contributed by atoms with E-state index < -0.39 is 59.2 Å². The molecule has 2 rings (SSSR count). The smallest absolute Gasteiger partial charge is 0.408 e. The summed E-state index contributed by atoms with van der Waals surface area (Å²) in [6.07, 6.45) is -2.10. The number of rotatable bonds is 6. The zero-order valence-electron chi connectivity index (χ0n) is 21.0. The summed E-state index contributed by atoms with van der Waals surface area (Å²) in [6, 6.07) is -1.35. The Morgan fingerprint density at radius 3 is 1.63 bits per heavy atom. The summed E-state index contributed by atoms with van der Waals surface area (Å²) in [5.74, 6) is -2.55. The van der Waals surface area contributed by atoms with E-state index in [0.29, 0.717) is 5.06 Å². The number of hydroxylamine groups is 2. The third kappa shape index (κ3) is 9.06. The van der Waals surface area contributed by atoms with Crippen LogP contribution in [0.4, 0.5) is 9.59 Å². The lowest BCUT2D eigenvalue weighted by molar-refractivity contribution is -0.197. The van der Waals surface area contributed by atoms with Crippen molar-refractivity contribution < 1.29 is 43.1 Å². The summed E-state index contributed by atoms with van der Waals surface area (Å²) in [5.41, 5.74) is -1.49. The molecular weight excluding hydrogens is 464 g/mol. The molecule has 0 aliphatic carbocycles. The molecule has 5 amide bonds. The predicted molar refractivity (Wildman–Crippen MR) is 119 cm³/mol. The van der Waals surface area contributed by atoms with Crippen LogP contribution < -0.4 is 10.6 Å². The Hall–Kier alpha value is -3.38. The van der Waals surface area contributed by atoms with Gasteiger partial charge in [0.15, 0.2) is 0 Å². The van der Waals surface area contributed by atoms with Crippen molar-refractivity contribution in [2.24, 2.45) is 0 Å². The number of ether oxygens (including phenoxy) is 2. The van der Waals surface area contributed by atoms with Crippen LogP contribution >= 0.6 is 0 Å². The number of nitrogens with zero attached hydrogens (tertiary/aromatic N) is 2. The van der Waals surface area contributed by atoms with E-state index in [1.807, 2.05) is 0 Å². The van der Waals surface area contributed by atoms with Gasteiger partial charge in [0, 0.05) is 32.4 Å². The molecule has 0 bridgehead atoms. The molecule has 0 aromatic rings. The Morgan fingerprint density at radius 1 is 0.800 bits per heavy atom. The molecule has 0 aromatic heterocycles. The third-order valence-corrected chi connectivity index (χ3v) is 4.82. The molecule has 0 aromatic carbocycles. The van der Waals surface area contributed by atoms with Crippen molar-refractivity contribution in [2.45, 2.75) is 90.5 Å². The quantitative estimate of drug-likeness (QED) is 0.509. The maximum Gasteiger partial charge on any atom is 0.408 e. The molecule has 2 aliphatic rings. The van der Waals surface area contributed by atoms with Gasteiger partial charge in [0.05, 0.1) is 18.5 Å². The summed E-state index contributed by atoms with van der Waals surface area (Å²) in [5, 5.41) is 5.75. The number of nitrogens with one attached hydrogen (secondary N) is 2. The Kier molecular flexibility index (Phi) is 8.69. The summed E-state index contributed by atoms with van der Waals surface area (Å²) in [6.45, 7) is 10.3. The van der Waals surface area contributed by atoms with Crippen LogP contribution in [-0.2, 0) is 33.5 Å². The maximum atomic E-state index is 12.7. The number of carbonyl (C=O) groups excluding carboxylic acids is 6. The van der Waals surface area contributed by atoms with Crippen LogP contribution in [-0.4, -0.2) is 82.2 Å². The molecule has 2 saturated heterocycles. The number of alkyl carbamates (subject to hydrolysis) is 2. The molecule has 13 heteroatoms. The minimum atomic E-state index is -0.895. The summed E-state index contributed by atoms with van der Waals surface area (Å²) >= 11 is 0. The fourth-order valence-corrected chi connectivity index (χ4v) is 3.39. The zero-order valence-corrected chi connectivity index (χ0v) is 21.0. The topological polar surface area (TPSA) is 161 Å². The molecule has 0 spiro atoms. The van der Waals surface area contributed by atoms with Crippen molar-refractivity contribution in [2.75, 3.05) is 13.1 Å². The van der Waals surface area contributed by atoms with E-state index in [0.717, 1.165) is 0 Å². The molecular formula is C22H34N4O9. The number of hydrogen-bond acceptors (Lipinski definition) is 9. The van der Waals surface area contributed by atoms with Crippen LogP contribution in [0.2, 0.25) is 0 Å². The van der Waals surface area contributed by atoms with E-state index >= 15 is 0 Å². The maximum absolute atomic E-state index is 12.7. The summed E-state index contributed by atoms with van der Waals surface area (Å²) in [7, 11) is 0. The first-order valence-corrected chi connectivity index (χ1v) is 11.4. The van der Waals surface area contributed by atoms with Gasteiger partial charge in [-0.05, 0) is 41.5 Å². The first-order valence-electron chi connectivity index (χ1n) is 11.4. The highest BCUT2D eigenvalue weighted by Crippen LogP contribution is 2.17. The lowest BCUT2D eigenvalue weighted by Crippen LogP contribution is -2.52. The van der Waals surface area contributed by atoms with E-state index in [2.05, 4.69) is 10.6 Å². The van der Waals surface area contributed by atoms with E-state index in [4.69, 9.17) is 14.3 Å². The third-order valence-electron chi connectivity index (χ3n) is 4.82. The fourth-order valence-electron chi connectivity index (χ4n) is 3.39. The molecule has 2 fully saturated rings. The largest absolute Gasteiger partial charge is 0.444 e. The van der Waals surface area contributed by atoms with Gasteiger partial charge in [0.25, 0.3) is 11.8 Å². The number of carbonyl (C=O) groups is 6. The van der Waals surface area contributed by atoms with Crippen molar-refractivity contribution >= 4 is 35.9 Å². The normalized spacial score (nSPS) is 20.5. The Balaban J connectivity index is 1.97. The van der Waals surface area contributed by atoms with Crippen LogP contribution in [0.1, 0.15) is 67.2 Å². The average molecular weight is 499 g/mol. The minimum Gasteiger partial charge on any atom is -0.444 e. The highest BCUT2D eigenvalue weighted by Gasteiger charge is 2.39. The molecule has 0 radical (unpaired) electrons. The van der Waals surface area contributed by atoms with Gasteiger partial charge >= 0.3 is 18.2 Å². The van der Waals surface area contributed by atoms with Crippen molar-refractivity contribution in [3.05, 3.63) is 0 Å². The van der Waals surface area contributed by atoms with Crippen molar-refractivity contribution in [3.8, 4) is 0 Å². The lowest BCUT2D eigenvalue weighted by atomic mass is 10.1. The van der Waals surface area contributed by atoms with Gasteiger partial charge in [-0.15, -0.1) is 5.06 Å². The molecule has 196 valence electrons. The fraction of sp³-hybridized carbons (Fsp3) is 0.727. The molecule has 2 aliphatic heterocycles. The predicted octanol–water partition coefficient (Wildman–Crippen LogP) is 1.00. The van der Waals surface area contributed by atoms with Gasteiger partial charge < -0.3 is 29.8 Å². The van der Waals surface area contributed by atoms with Crippen molar-refractivity contribution in [1.82, 2.24) is 20.6 Å². The molecule has 0 unspecified atom stereocenters. The first-order chi connectivity index (χ1) is 16.0. The van der Waals surface area contributed by atoms with Gasteiger partial charge in [-0.2, -0.15) is 0 Å². The van der Waals surface area contributed by atoms with Crippen LogP contribution in [0.15, 0.2) is 0 Å². The molecule has 35 heavy (non-hydrogen) atoms. The lowest BCUT2D eigenvalue weighted by Gasteiger charge is -2.26.